The van der Waals surface area contributed by atoms with Crippen LogP contribution in [0.4, 0.5) is 0 Å². The van der Waals surface area contributed by atoms with Crippen LogP contribution in [0.2, 0.25) is 0 Å². The second-order valence-corrected chi connectivity index (χ2v) is 4.57. The number of carbonyl (C=O) groups excluding carboxylic acids is 1. The van der Waals surface area contributed by atoms with E-state index >= 15 is 0 Å². The van der Waals surface area contributed by atoms with Gasteiger partial charge < -0.3 is 10.4 Å². The van der Waals surface area contributed by atoms with Crippen LogP contribution in [0.3, 0.4) is 0 Å². The van der Waals surface area contributed by atoms with Crippen LogP contribution in [0.15, 0.2) is 0 Å². The molecular formula is C8H13NO3S. The first-order valence-corrected chi connectivity index (χ1v) is 5.22. The molecule has 4 nitrogen and oxygen atoms in total. The molecule has 74 valence electrons. The molecule has 1 rings (SSSR count). The molecule has 0 aromatic rings. The lowest BCUT2D eigenvalue weighted by atomic mass is 10.1. The Labute approximate surface area is 81.1 Å². The van der Waals surface area contributed by atoms with E-state index in [1.807, 2.05) is 13.8 Å². The Bertz CT molecular complexity index is 229. The average molecular weight is 203 g/mol. The van der Waals surface area contributed by atoms with Gasteiger partial charge in [0, 0.05) is 5.75 Å². The lowest BCUT2D eigenvalue weighted by Gasteiger charge is -2.28. The van der Waals surface area contributed by atoms with E-state index in [0.29, 0.717) is 5.75 Å². The Hall–Kier alpha value is -0.710. The van der Waals surface area contributed by atoms with E-state index in [1.54, 1.807) is 0 Å². The van der Waals surface area contributed by atoms with Crippen LogP contribution >= 0.6 is 11.8 Å². The summed E-state index contributed by atoms with van der Waals surface area (Å²) in [5.74, 6) is -0.398. The van der Waals surface area contributed by atoms with Gasteiger partial charge in [0.1, 0.15) is 6.04 Å². The first kappa shape index (κ1) is 10.4. The number of rotatable bonds is 2. The van der Waals surface area contributed by atoms with Gasteiger partial charge in [-0.2, -0.15) is 0 Å². The first-order valence-electron chi connectivity index (χ1n) is 4.17. The molecule has 1 aliphatic heterocycles. The molecule has 0 aromatic heterocycles. The molecule has 0 aromatic carbocycles. The average Bonchev–Trinajstić information content (AvgIpc) is 2.03. The number of hydrogen-bond donors (Lipinski definition) is 2. The molecule has 1 fully saturated rings. The maximum Gasteiger partial charge on any atom is 0.327 e. The van der Waals surface area contributed by atoms with Crippen molar-refractivity contribution in [1.29, 1.82) is 0 Å². The van der Waals surface area contributed by atoms with Gasteiger partial charge in [-0.05, 0) is 5.92 Å². The molecule has 0 saturated carbocycles. The molecule has 0 radical (unpaired) electrons. The Kier molecular flexibility index (Phi) is 3.19. The minimum atomic E-state index is -0.956. The SMILES string of the molecule is CC(C)C1SCC(C(=O)O)NC1=O. The van der Waals surface area contributed by atoms with E-state index in [0.717, 1.165) is 0 Å². The zero-order valence-electron chi connectivity index (χ0n) is 7.61. The summed E-state index contributed by atoms with van der Waals surface area (Å²) in [4.78, 5) is 21.9. The fraction of sp³-hybridized carbons (Fsp3) is 0.750. The first-order chi connectivity index (χ1) is 6.02. The molecule has 0 bridgehead atoms. The minimum Gasteiger partial charge on any atom is -0.480 e. The van der Waals surface area contributed by atoms with Crippen molar-refractivity contribution in [1.82, 2.24) is 5.32 Å². The van der Waals surface area contributed by atoms with Crippen molar-refractivity contribution in [3.8, 4) is 0 Å². The standard InChI is InChI=1S/C8H13NO3S/c1-4(2)6-7(10)9-5(3-13-6)8(11)12/h4-6H,3H2,1-2H3,(H,9,10)(H,11,12). The van der Waals surface area contributed by atoms with Gasteiger partial charge in [0.05, 0.1) is 5.25 Å². The number of carboxylic acid groups (broad SMARTS) is 1. The number of amides is 1. The molecule has 1 amide bonds. The van der Waals surface area contributed by atoms with E-state index in [1.165, 1.54) is 11.8 Å². The molecule has 0 aliphatic carbocycles. The number of carbonyl (C=O) groups is 2. The number of aliphatic carboxylic acids is 1. The minimum absolute atomic E-state index is 0.101. The molecule has 1 aliphatic rings. The summed E-state index contributed by atoms with van der Waals surface area (Å²) in [5, 5.41) is 11.0. The normalized spacial score (nSPS) is 28.7. The van der Waals surface area contributed by atoms with Gasteiger partial charge in [-0.25, -0.2) is 4.79 Å². The molecule has 2 N–H and O–H groups in total. The summed E-state index contributed by atoms with van der Waals surface area (Å²) in [6, 6.07) is -0.715. The van der Waals surface area contributed by atoms with Crippen molar-refractivity contribution in [2.24, 2.45) is 5.92 Å². The number of thioether (sulfide) groups is 1. The summed E-state index contributed by atoms with van der Waals surface area (Å²) in [5.41, 5.74) is 0. The molecule has 5 heteroatoms. The zero-order valence-corrected chi connectivity index (χ0v) is 8.43. The highest BCUT2D eigenvalue weighted by Crippen LogP contribution is 2.24. The van der Waals surface area contributed by atoms with Crippen LogP contribution in [0.5, 0.6) is 0 Å². The third-order valence-corrected chi connectivity index (χ3v) is 3.56. The molecular weight excluding hydrogens is 190 g/mol. The highest BCUT2D eigenvalue weighted by Gasteiger charge is 2.33. The van der Waals surface area contributed by atoms with Crippen LogP contribution in [0.1, 0.15) is 13.8 Å². The van der Waals surface area contributed by atoms with Gasteiger partial charge in [-0.3, -0.25) is 4.79 Å². The van der Waals surface area contributed by atoms with E-state index in [-0.39, 0.29) is 17.1 Å². The second-order valence-electron chi connectivity index (χ2n) is 3.40. The fourth-order valence-corrected chi connectivity index (χ4v) is 2.43. The van der Waals surface area contributed by atoms with Crippen LogP contribution in [-0.2, 0) is 9.59 Å². The summed E-state index contributed by atoms with van der Waals surface area (Å²) in [6.45, 7) is 3.91. The monoisotopic (exact) mass is 203 g/mol. The molecule has 1 saturated heterocycles. The Morgan fingerprint density at radius 2 is 2.31 bits per heavy atom. The number of hydrogen-bond acceptors (Lipinski definition) is 3. The number of nitrogens with one attached hydrogen (secondary N) is 1. The van der Waals surface area contributed by atoms with Crippen molar-refractivity contribution in [2.75, 3.05) is 5.75 Å². The van der Waals surface area contributed by atoms with Crippen LogP contribution in [0.25, 0.3) is 0 Å². The maximum atomic E-state index is 11.4. The van der Waals surface area contributed by atoms with Gasteiger partial charge in [-0.15, -0.1) is 11.8 Å². The summed E-state index contributed by atoms with van der Waals surface area (Å²) >= 11 is 1.42. The van der Waals surface area contributed by atoms with Crippen molar-refractivity contribution in [2.45, 2.75) is 25.1 Å². The van der Waals surface area contributed by atoms with Gasteiger partial charge in [0.15, 0.2) is 0 Å². The van der Waals surface area contributed by atoms with Crippen LogP contribution in [-0.4, -0.2) is 34.0 Å². The largest absolute Gasteiger partial charge is 0.480 e. The molecule has 0 spiro atoms. The predicted octanol–water partition coefficient (Wildman–Crippen LogP) is 0.327. The van der Waals surface area contributed by atoms with Crippen molar-refractivity contribution in [3.05, 3.63) is 0 Å². The zero-order chi connectivity index (χ0) is 10.0. The van der Waals surface area contributed by atoms with E-state index in [9.17, 15) is 9.59 Å². The lowest BCUT2D eigenvalue weighted by molar-refractivity contribution is -0.141. The van der Waals surface area contributed by atoms with Crippen molar-refractivity contribution < 1.29 is 14.7 Å². The van der Waals surface area contributed by atoms with E-state index < -0.39 is 12.0 Å². The Morgan fingerprint density at radius 1 is 1.69 bits per heavy atom. The molecule has 1 heterocycles. The summed E-state index contributed by atoms with van der Waals surface area (Å²) in [6.07, 6.45) is 0. The third kappa shape index (κ3) is 2.37. The highest BCUT2D eigenvalue weighted by atomic mass is 32.2. The predicted molar refractivity (Wildman–Crippen MR) is 50.7 cm³/mol. The van der Waals surface area contributed by atoms with Gasteiger partial charge in [-0.1, -0.05) is 13.8 Å². The molecule has 2 unspecified atom stereocenters. The maximum absolute atomic E-state index is 11.4. The number of carboxylic acids is 1. The van der Waals surface area contributed by atoms with E-state index in [4.69, 9.17) is 5.11 Å². The van der Waals surface area contributed by atoms with Crippen molar-refractivity contribution >= 4 is 23.6 Å². The van der Waals surface area contributed by atoms with Crippen molar-refractivity contribution in [3.63, 3.8) is 0 Å². The second kappa shape index (κ2) is 4.00. The third-order valence-electron chi connectivity index (χ3n) is 1.92. The quantitative estimate of drug-likeness (QED) is 0.678. The summed E-state index contributed by atoms with van der Waals surface area (Å²) in [7, 11) is 0. The van der Waals surface area contributed by atoms with Gasteiger partial charge >= 0.3 is 5.97 Å². The Morgan fingerprint density at radius 3 is 2.69 bits per heavy atom. The lowest BCUT2D eigenvalue weighted by Crippen LogP contribution is -2.51. The van der Waals surface area contributed by atoms with E-state index in [2.05, 4.69) is 5.32 Å². The Balaban J connectivity index is 2.57. The smallest absolute Gasteiger partial charge is 0.327 e. The van der Waals surface area contributed by atoms with Gasteiger partial charge in [0.25, 0.3) is 0 Å². The topological polar surface area (TPSA) is 66.4 Å². The van der Waals surface area contributed by atoms with Crippen LogP contribution < -0.4 is 5.32 Å². The fourth-order valence-electron chi connectivity index (χ4n) is 1.20. The molecule has 13 heavy (non-hydrogen) atoms. The van der Waals surface area contributed by atoms with Crippen LogP contribution in [0, 0.1) is 5.92 Å². The summed E-state index contributed by atoms with van der Waals surface area (Å²) < 4.78 is 0. The highest BCUT2D eigenvalue weighted by molar-refractivity contribution is 8.00. The molecule has 2 atom stereocenters. The van der Waals surface area contributed by atoms with Gasteiger partial charge in [0.2, 0.25) is 5.91 Å².